The minimum Gasteiger partial charge on any atom is -0.394 e. The van der Waals surface area contributed by atoms with Gasteiger partial charge in [-0.1, -0.05) is 0 Å². The molecule has 0 spiro atoms. The van der Waals surface area contributed by atoms with Crippen LogP contribution in [0.5, 0.6) is 0 Å². The maximum Gasteiger partial charge on any atom is 0.269 e. The lowest BCUT2D eigenvalue weighted by Crippen LogP contribution is -2.55. The standard InChI is InChI=1S/C14H18N2O8/c1-7(18)15-11(14(22)13(21)10(19)6-17)12(20)8-2-4-9(5-3-8)16(23)24/h2-5,10-11,13-14,17,19,21-22H,6H2,1H3,(H,15,18)/t10-,11+,13-,14-/m1/s1. The number of benzene rings is 1. The van der Waals surface area contributed by atoms with Gasteiger partial charge in [0.25, 0.3) is 5.69 Å². The number of amides is 1. The molecule has 10 nitrogen and oxygen atoms in total. The van der Waals surface area contributed by atoms with Crippen molar-refractivity contribution in [2.45, 2.75) is 31.3 Å². The van der Waals surface area contributed by atoms with Crippen molar-refractivity contribution < 1.29 is 34.9 Å². The first kappa shape index (κ1) is 19.6. The van der Waals surface area contributed by atoms with E-state index in [9.17, 15) is 35.0 Å². The van der Waals surface area contributed by atoms with Gasteiger partial charge >= 0.3 is 0 Å². The summed E-state index contributed by atoms with van der Waals surface area (Å²) >= 11 is 0. The number of rotatable bonds is 8. The summed E-state index contributed by atoms with van der Waals surface area (Å²) < 4.78 is 0. The highest BCUT2D eigenvalue weighted by Gasteiger charge is 2.36. The molecule has 132 valence electrons. The Bertz CT molecular complexity index is 603. The third kappa shape index (κ3) is 4.80. The average Bonchev–Trinajstić information content (AvgIpc) is 2.56. The van der Waals surface area contributed by atoms with Crippen LogP contribution in [0.3, 0.4) is 0 Å². The average molecular weight is 342 g/mol. The minimum absolute atomic E-state index is 0.0518. The molecule has 1 rings (SSSR count). The van der Waals surface area contributed by atoms with Crippen LogP contribution in [-0.2, 0) is 4.79 Å². The van der Waals surface area contributed by atoms with Crippen LogP contribution in [0.2, 0.25) is 0 Å². The monoisotopic (exact) mass is 342 g/mol. The van der Waals surface area contributed by atoms with Crippen LogP contribution < -0.4 is 5.32 Å². The van der Waals surface area contributed by atoms with Crippen molar-refractivity contribution in [1.82, 2.24) is 5.32 Å². The van der Waals surface area contributed by atoms with Crippen molar-refractivity contribution in [3.8, 4) is 0 Å². The van der Waals surface area contributed by atoms with Crippen molar-refractivity contribution in [1.29, 1.82) is 0 Å². The molecule has 1 aromatic carbocycles. The number of nitrogens with zero attached hydrogens (tertiary/aromatic N) is 1. The molecule has 10 heteroatoms. The van der Waals surface area contributed by atoms with Crippen molar-refractivity contribution in [2.75, 3.05) is 6.61 Å². The molecular formula is C14H18N2O8. The molecule has 1 amide bonds. The molecule has 0 aliphatic heterocycles. The van der Waals surface area contributed by atoms with Gasteiger partial charge in [0.1, 0.15) is 24.4 Å². The lowest BCUT2D eigenvalue weighted by Gasteiger charge is -2.28. The molecule has 0 bridgehead atoms. The zero-order chi connectivity index (χ0) is 18.4. The number of aliphatic hydroxyl groups excluding tert-OH is 4. The zero-order valence-corrected chi connectivity index (χ0v) is 12.7. The molecule has 0 aliphatic rings. The molecule has 0 fully saturated rings. The van der Waals surface area contributed by atoms with Crippen LogP contribution in [0.4, 0.5) is 5.69 Å². The van der Waals surface area contributed by atoms with E-state index in [1.54, 1.807) is 0 Å². The molecule has 0 saturated heterocycles. The van der Waals surface area contributed by atoms with Crippen LogP contribution in [0.1, 0.15) is 17.3 Å². The SMILES string of the molecule is CC(=O)N[C@@H](C(=O)c1ccc([N+](=O)[O-])cc1)[C@@H](O)[C@H](O)[C@H](O)CO. The van der Waals surface area contributed by atoms with E-state index in [0.29, 0.717) is 0 Å². The molecule has 24 heavy (non-hydrogen) atoms. The molecule has 0 aliphatic carbocycles. The molecule has 0 aromatic heterocycles. The smallest absolute Gasteiger partial charge is 0.269 e. The number of Topliss-reactive ketones (excluding diaryl/α,β-unsaturated/α-hetero) is 1. The topological polar surface area (TPSA) is 170 Å². The van der Waals surface area contributed by atoms with Crippen molar-refractivity contribution in [3.05, 3.63) is 39.9 Å². The molecular weight excluding hydrogens is 324 g/mol. The van der Waals surface area contributed by atoms with Gasteiger partial charge in [-0.15, -0.1) is 0 Å². The number of ketones is 1. The predicted octanol–water partition coefficient (Wildman–Crippen LogP) is -1.64. The molecule has 0 heterocycles. The van der Waals surface area contributed by atoms with E-state index in [-0.39, 0.29) is 11.3 Å². The highest BCUT2D eigenvalue weighted by molar-refractivity contribution is 6.02. The van der Waals surface area contributed by atoms with E-state index in [2.05, 4.69) is 5.32 Å². The first-order valence-corrected chi connectivity index (χ1v) is 6.89. The fourth-order valence-electron chi connectivity index (χ4n) is 1.98. The highest BCUT2D eigenvalue weighted by atomic mass is 16.6. The Kier molecular flexibility index (Phi) is 6.92. The van der Waals surface area contributed by atoms with Crippen LogP contribution in [0.25, 0.3) is 0 Å². The highest BCUT2D eigenvalue weighted by Crippen LogP contribution is 2.16. The molecule has 5 N–H and O–H groups in total. The molecule has 1 aromatic rings. The summed E-state index contributed by atoms with van der Waals surface area (Å²) in [6.45, 7) is 0.217. The van der Waals surface area contributed by atoms with Crippen LogP contribution in [-0.4, -0.2) is 68.0 Å². The minimum atomic E-state index is -1.90. The number of nitro groups is 1. The Labute approximate surface area is 136 Å². The Balaban J connectivity index is 3.08. The number of non-ortho nitro benzene ring substituents is 1. The predicted molar refractivity (Wildman–Crippen MR) is 80.1 cm³/mol. The fraction of sp³-hybridized carbons (Fsp3) is 0.429. The number of hydrogen-bond donors (Lipinski definition) is 5. The van der Waals surface area contributed by atoms with Gasteiger partial charge in [0.15, 0.2) is 5.78 Å². The van der Waals surface area contributed by atoms with Gasteiger partial charge in [-0.3, -0.25) is 19.7 Å². The van der Waals surface area contributed by atoms with E-state index >= 15 is 0 Å². The third-order valence-electron chi connectivity index (χ3n) is 3.28. The Morgan fingerprint density at radius 3 is 2.12 bits per heavy atom. The second kappa shape index (κ2) is 8.45. The summed E-state index contributed by atoms with van der Waals surface area (Å²) in [4.78, 5) is 33.6. The zero-order valence-electron chi connectivity index (χ0n) is 12.7. The first-order valence-electron chi connectivity index (χ1n) is 6.89. The lowest BCUT2D eigenvalue weighted by atomic mass is 9.94. The molecule has 0 saturated carbocycles. The maximum absolute atomic E-state index is 12.4. The maximum atomic E-state index is 12.4. The van der Waals surface area contributed by atoms with Crippen LogP contribution in [0, 0.1) is 10.1 Å². The van der Waals surface area contributed by atoms with Gasteiger partial charge in [0.05, 0.1) is 11.5 Å². The van der Waals surface area contributed by atoms with Crippen molar-refractivity contribution in [3.63, 3.8) is 0 Å². The van der Waals surface area contributed by atoms with E-state index in [4.69, 9.17) is 5.11 Å². The lowest BCUT2D eigenvalue weighted by molar-refractivity contribution is -0.384. The summed E-state index contributed by atoms with van der Waals surface area (Å²) in [5.41, 5.74) is -0.303. The van der Waals surface area contributed by atoms with Crippen LogP contribution in [0.15, 0.2) is 24.3 Å². The number of nitrogens with one attached hydrogen (secondary N) is 1. The second-order valence-electron chi connectivity index (χ2n) is 5.08. The van der Waals surface area contributed by atoms with E-state index in [1.807, 2.05) is 0 Å². The van der Waals surface area contributed by atoms with Gasteiger partial charge in [-0.25, -0.2) is 0 Å². The van der Waals surface area contributed by atoms with E-state index in [1.165, 1.54) is 0 Å². The summed E-state index contributed by atoms with van der Waals surface area (Å²) in [5, 5.41) is 50.7. The molecule has 0 unspecified atom stereocenters. The fourth-order valence-corrected chi connectivity index (χ4v) is 1.98. The van der Waals surface area contributed by atoms with Gasteiger partial charge in [-0.2, -0.15) is 0 Å². The normalized spacial score (nSPS) is 15.9. The summed E-state index contributed by atoms with van der Waals surface area (Å²) in [6.07, 6.45) is -5.52. The number of hydrogen-bond acceptors (Lipinski definition) is 8. The summed E-state index contributed by atoms with van der Waals surface area (Å²) in [6, 6.07) is 2.81. The van der Waals surface area contributed by atoms with Crippen LogP contribution >= 0.6 is 0 Å². The molecule has 4 atom stereocenters. The number of carbonyl (C=O) groups excluding carboxylic acids is 2. The summed E-state index contributed by atoms with van der Waals surface area (Å²) in [5.74, 6) is -1.50. The quantitative estimate of drug-likeness (QED) is 0.213. The van der Waals surface area contributed by atoms with Gasteiger partial charge < -0.3 is 25.7 Å². The van der Waals surface area contributed by atoms with Gasteiger partial charge in [0.2, 0.25) is 5.91 Å². The second-order valence-corrected chi connectivity index (χ2v) is 5.08. The Morgan fingerprint density at radius 2 is 1.71 bits per heavy atom. The van der Waals surface area contributed by atoms with Crippen molar-refractivity contribution >= 4 is 17.4 Å². The number of nitro benzene ring substituents is 1. The Hall–Kier alpha value is -2.40. The Morgan fingerprint density at radius 1 is 1.17 bits per heavy atom. The first-order chi connectivity index (χ1) is 11.2. The van der Waals surface area contributed by atoms with Gasteiger partial charge in [-0.05, 0) is 12.1 Å². The third-order valence-corrected chi connectivity index (χ3v) is 3.28. The largest absolute Gasteiger partial charge is 0.394 e. The van der Waals surface area contributed by atoms with Crippen molar-refractivity contribution in [2.24, 2.45) is 0 Å². The number of aliphatic hydroxyl groups is 4. The summed E-state index contributed by atoms with van der Waals surface area (Å²) in [7, 11) is 0. The van der Waals surface area contributed by atoms with Gasteiger partial charge in [0, 0.05) is 24.6 Å². The number of carbonyl (C=O) groups is 2. The van der Waals surface area contributed by atoms with E-state index in [0.717, 1.165) is 31.2 Å². The molecule has 0 radical (unpaired) electrons. The van der Waals surface area contributed by atoms with E-state index < -0.39 is 47.6 Å².